The smallest absolute Gasteiger partial charge is 0.173 e. The Hall–Kier alpha value is -0.300. The molecule has 0 atom stereocenters. The number of halogens is 1. The van der Waals surface area contributed by atoms with Gasteiger partial charge in [0.2, 0.25) is 0 Å². The monoisotopic (exact) mass is 132 g/mol. The highest BCUT2D eigenvalue weighted by Crippen LogP contribution is 2.02. The van der Waals surface area contributed by atoms with Gasteiger partial charge in [-0.15, -0.1) is 0 Å². The Labute approximate surface area is 54.3 Å². The molecular formula is C6H9ClO. The first-order valence-electron chi connectivity index (χ1n) is 2.56. The molecule has 0 saturated carbocycles. The zero-order chi connectivity index (χ0) is 6.57. The molecule has 0 unspecified atom stereocenters. The van der Waals surface area contributed by atoms with Crippen molar-refractivity contribution in [3.8, 4) is 0 Å². The number of allylic oxidation sites excluding steroid dienone is 1. The van der Waals surface area contributed by atoms with Gasteiger partial charge in [0.15, 0.2) is 5.78 Å². The summed E-state index contributed by atoms with van der Waals surface area (Å²) in [6.07, 6.45) is 1.35. The van der Waals surface area contributed by atoms with Gasteiger partial charge in [0.1, 0.15) is 0 Å². The molecule has 0 fully saturated rings. The molecule has 0 radical (unpaired) electrons. The van der Waals surface area contributed by atoms with Crippen LogP contribution in [0.3, 0.4) is 0 Å². The Kier molecular flexibility index (Phi) is 3.53. The van der Waals surface area contributed by atoms with Crippen LogP contribution in [-0.4, -0.2) is 5.78 Å². The second-order valence-electron chi connectivity index (χ2n) is 1.58. The van der Waals surface area contributed by atoms with Gasteiger partial charge in [-0.3, -0.25) is 4.79 Å². The Bertz CT molecular complexity index is 107. The van der Waals surface area contributed by atoms with E-state index >= 15 is 0 Å². The van der Waals surface area contributed by atoms with Crippen molar-refractivity contribution in [2.24, 2.45) is 0 Å². The number of carbonyl (C=O) groups is 1. The third kappa shape index (κ3) is 2.80. The van der Waals surface area contributed by atoms with E-state index in [-0.39, 0.29) is 10.8 Å². The molecule has 0 aromatic rings. The minimum atomic E-state index is -0.0471. The Morgan fingerprint density at radius 2 is 2.25 bits per heavy atom. The Morgan fingerprint density at radius 1 is 1.75 bits per heavy atom. The summed E-state index contributed by atoms with van der Waals surface area (Å²) in [7, 11) is 0. The molecule has 0 amide bonds. The van der Waals surface area contributed by atoms with Crippen LogP contribution >= 0.6 is 11.6 Å². The molecule has 0 spiro atoms. The Morgan fingerprint density at radius 3 is 2.38 bits per heavy atom. The first kappa shape index (κ1) is 7.70. The number of carbonyl (C=O) groups excluding carboxylic acids is 1. The van der Waals surface area contributed by atoms with E-state index in [9.17, 15) is 4.79 Å². The van der Waals surface area contributed by atoms with Crippen LogP contribution in [0.1, 0.15) is 19.8 Å². The summed E-state index contributed by atoms with van der Waals surface area (Å²) < 4.78 is 0. The molecule has 0 rings (SSSR count). The van der Waals surface area contributed by atoms with Crippen LogP contribution in [0.5, 0.6) is 0 Å². The molecule has 2 heteroatoms. The van der Waals surface area contributed by atoms with Crippen LogP contribution in [0, 0.1) is 0 Å². The zero-order valence-corrected chi connectivity index (χ0v) is 5.66. The van der Waals surface area contributed by atoms with E-state index in [1.165, 1.54) is 0 Å². The van der Waals surface area contributed by atoms with Gasteiger partial charge in [-0.25, -0.2) is 0 Å². The van der Waals surface area contributed by atoms with Gasteiger partial charge < -0.3 is 0 Å². The molecule has 0 saturated heterocycles. The third-order valence-electron chi connectivity index (χ3n) is 0.780. The predicted molar refractivity (Wildman–Crippen MR) is 34.9 cm³/mol. The van der Waals surface area contributed by atoms with E-state index in [1.807, 2.05) is 6.92 Å². The first-order valence-corrected chi connectivity index (χ1v) is 2.94. The van der Waals surface area contributed by atoms with Gasteiger partial charge in [0, 0.05) is 6.42 Å². The second kappa shape index (κ2) is 3.67. The molecule has 0 bridgehead atoms. The van der Waals surface area contributed by atoms with Crippen molar-refractivity contribution in [1.29, 1.82) is 0 Å². The lowest BCUT2D eigenvalue weighted by Crippen LogP contribution is -1.93. The lowest BCUT2D eigenvalue weighted by Gasteiger charge is -1.89. The van der Waals surface area contributed by atoms with Crippen molar-refractivity contribution in [2.45, 2.75) is 19.8 Å². The van der Waals surface area contributed by atoms with Gasteiger partial charge in [-0.1, -0.05) is 25.1 Å². The highest BCUT2D eigenvalue weighted by molar-refractivity contribution is 6.42. The average Bonchev–Trinajstić information content (AvgIpc) is 1.67. The lowest BCUT2D eigenvalue weighted by atomic mass is 10.2. The van der Waals surface area contributed by atoms with Crippen LogP contribution in [0.2, 0.25) is 0 Å². The Balaban J connectivity index is 3.49. The summed E-state index contributed by atoms with van der Waals surface area (Å²) in [4.78, 5) is 10.5. The van der Waals surface area contributed by atoms with Crippen molar-refractivity contribution in [3.05, 3.63) is 11.6 Å². The van der Waals surface area contributed by atoms with E-state index in [2.05, 4.69) is 6.58 Å². The van der Waals surface area contributed by atoms with Crippen LogP contribution in [0.4, 0.5) is 0 Å². The summed E-state index contributed by atoms with van der Waals surface area (Å²) >= 11 is 5.26. The van der Waals surface area contributed by atoms with Crippen molar-refractivity contribution >= 4 is 17.4 Å². The van der Waals surface area contributed by atoms with E-state index in [4.69, 9.17) is 11.6 Å². The summed E-state index contributed by atoms with van der Waals surface area (Å²) in [5.74, 6) is -0.0471. The number of rotatable bonds is 3. The van der Waals surface area contributed by atoms with Crippen LogP contribution < -0.4 is 0 Å². The summed E-state index contributed by atoms with van der Waals surface area (Å²) in [5.41, 5.74) is 0. The number of Topliss-reactive ketones (excluding diaryl/α,β-unsaturated/α-hetero) is 1. The van der Waals surface area contributed by atoms with Gasteiger partial charge >= 0.3 is 0 Å². The molecule has 0 aliphatic carbocycles. The molecule has 0 aliphatic heterocycles. The van der Waals surface area contributed by atoms with E-state index in [1.54, 1.807) is 0 Å². The van der Waals surface area contributed by atoms with Crippen LogP contribution in [0.25, 0.3) is 0 Å². The van der Waals surface area contributed by atoms with Crippen LogP contribution in [-0.2, 0) is 4.79 Å². The molecule has 0 aliphatic rings. The SMILES string of the molecule is C=C(Cl)C(=O)CCC. The number of hydrogen-bond donors (Lipinski definition) is 0. The maximum atomic E-state index is 10.5. The molecule has 0 aromatic heterocycles. The maximum absolute atomic E-state index is 10.5. The zero-order valence-electron chi connectivity index (χ0n) is 4.91. The normalized spacial score (nSPS) is 8.75. The second-order valence-corrected chi connectivity index (χ2v) is 2.03. The topological polar surface area (TPSA) is 17.1 Å². The van der Waals surface area contributed by atoms with E-state index in [0.717, 1.165) is 6.42 Å². The van der Waals surface area contributed by atoms with Crippen molar-refractivity contribution in [3.63, 3.8) is 0 Å². The third-order valence-corrected chi connectivity index (χ3v) is 0.990. The molecular weight excluding hydrogens is 124 g/mol. The maximum Gasteiger partial charge on any atom is 0.173 e. The molecule has 0 heterocycles. The number of hydrogen-bond acceptors (Lipinski definition) is 1. The van der Waals surface area contributed by atoms with Crippen molar-refractivity contribution < 1.29 is 4.79 Å². The van der Waals surface area contributed by atoms with Crippen molar-refractivity contribution in [2.75, 3.05) is 0 Å². The van der Waals surface area contributed by atoms with Gasteiger partial charge in [-0.05, 0) is 6.42 Å². The van der Waals surface area contributed by atoms with E-state index < -0.39 is 0 Å². The van der Waals surface area contributed by atoms with Crippen molar-refractivity contribution in [1.82, 2.24) is 0 Å². The quantitative estimate of drug-likeness (QED) is 0.538. The minimum absolute atomic E-state index is 0.0471. The molecule has 0 aromatic carbocycles. The largest absolute Gasteiger partial charge is 0.293 e. The fourth-order valence-electron chi connectivity index (χ4n) is 0.363. The standard InChI is InChI=1S/C6H9ClO/c1-3-4-6(8)5(2)7/h2-4H2,1H3. The summed E-state index contributed by atoms with van der Waals surface area (Å²) in [6, 6.07) is 0. The minimum Gasteiger partial charge on any atom is -0.293 e. The lowest BCUT2D eigenvalue weighted by molar-refractivity contribution is -0.115. The highest BCUT2D eigenvalue weighted by atomic mass is 35.5. The van der Waals surface area contributed by atoms with Crippen LogP contribution in [0.15, 0.2) is 11.6 Å². The fourth-order valence-corrected chi connectivity index (χ4v) is 0.457. The molecule has 0 N–H and O–H groups in total. The van der Waals surface area contributed by atoms with Gasteiger partial charge in [-0.2, -0.15) is 0 Å². The number of ketones is 1. The van der Waals surface area contributed by atoms with Gasteiger partial charge in [0.05, 0.1) is 5.03 Å². The molecule has 1 nitrogen and oxygen atoms in total. The van der Waals surface area contributed by atoms with Gasteiger partial charge in [0.25, 0.3) is 0 Å². The molecule has 46 valence electrons. The predicted octanol–water partition coefficient (Wildman–Crippen LogP) is 2.11. The summed E-state index contributed by atoms with van der Waals surface area (Å²) in [5, 5.41) is 0.145. The highest BCUT2D eigenvalue weighted by Gasteiger charge is 1.99. The summed E-state index contributed by atoms with van der Waals surface area (Å²) in [6.45, 7) is 5.22. The fraction of sp³-hybridized carbons (Fsp3) is 0.500. The average molecular weight is 133 g/mol. The molecule has 8 heavy (non-hydrogen) atoms. The van der Waals surface area contributed by atoms with E-state index in [0.29, 0.717) is 6.42 Å². The first-order chi connectivity index (χ1) is 3.68.